The van der Waals surface area contributed by atoms with Crippen LogP contribution in [-0.4, -0.2) is 35.4 Å². The summed E-state index contributed by atoms with van der Waals surface area (Å²) in [7, 11) is 0. The van der Waals surface area contributed by atoms with Crippen molar-refractivity contribution in [1.29, 1.82) is 0 Å². The molecule has 2 N–H and O–H groups in total. The fourth-order valence-corrected chi connectivity index (χ4v) is 4.15. The number of unbranched alkanes of at least 4 members (excludes halogenated alkanes) is 1. The monoisotopic (exact) mass is 458 g/mol. The maximum absolute atomic E-state index is 13.1. The zero-order chi connectivity index (χ0) is 23.3. The van der Waals surface area contributed by atoms with E-state index in [0.29, 0.717) is 29.9 Å². The van der Waals surface area contributed by atoms with Gasteiger partial charge in [0.15, 0.2) is 5.78 Å². The Balaban J connectivity index is 2.00. The molecule has 0 saturated heterocycles. The van der Waals surface area contributed by atoms with Crippen molar-refractivity contribution in [2.24, 2.45) is 5.92 Å². The van der Waals surface area contributed by atoms with Gasteiger partial charge in [-0.1, -0.05) is 51.8 Å². The summed E-state index contributed by atoms with van der Waals surface area (Å²) >= 11 is 1.47. The van der Waals surface area contributed by atoms with Crippen molar-refractivity contribution in [3.63, 3.8) is 0 Å². The maximum atomic E-state index is 13.1. The summed E-state index contributed by atoms with van der Waals surface area (Å²) in [5.41, 5.74) is 0.502. The van der Waals surface area contributed by atoms with Crippen LogP contribution in [0.5, 0.6) is 0 Å². The molecule has 0 aliphatic heterocycles. The summed E-state index contributed by atoms with van der Waals surface area (Å²) in [5, 5.41) is 5.76. The lowest BCUT2D eigenvalue weighted by Crippen LogP contribution is -2.52. The van der Waals surface area contributed by atoms with Gasteiger partial charge >= 0.3 is 0 Å². The molecule has 174 valence electrons. The van der Waals surface area contributed by atoms with Crippen LogP contribution in [0.2, 0.25) is 0 Å². The van der Waals surface area contributed by atoms with Gasteiger partial charge in [-0.05, 0) is 43.0 Å². The Bertz CT molecular complexity index is 837. The number of ketones is 1. The van der Waals surface area contributed by atoms with E-state index >= 15 is 0 Å². The number of rotatable bonds is 14. The minimum Gasteiger partial charge on any atom is -0.468 e. The lowest BCUT2D eigenvalue weighted by Gasteiger charge is -2.24. The van der Waals surface area contributed by atoms with E-state index in [1.807, 2.05) is 32.0 Å². The molecule has 0 radical (unpaired) electrons. The molecule has 0 fully saturated rings. The quantitative estimate of drug-likeness (QED) is 0.432. The van der Waals surface area contributed by atoms with Gasteiger partial charge in [-0.15, -0.1) is 11.8 Å². The first-order valence-electron chi connectivity index (χ1n) is 11.2. The van der Waals surface area contributed by atoms with Gasteiger partial charge in [0.25, 0.3) is 5.91 Å². The number of thioether (sulfide) groups is 1. The lowest BCUT2D eigenvalue weighted by molar-refractivity contribution is -0.128. The Morgan fingerprint density at radius 3 is 2.38 bits per heavy atom. The SMILES string of the molecule is CCCC[C@H](NC(=O)[C@H](CC(C)C)NC(=O)c1ccccc1)C(=O)CSCc1ccco1. The van der Waals surface area contributed by atoms with Crippen molar-refractivity contribution in [2.45, 2.75) is 64.3 Å². The van der Waals surface area contributed by atoms with E-state index in [0.717, 1.165) is 18.6 Å². The van der Waals surface area contributed by atoms with Crippen LogP contribution in [0.1, 0.15) is 62.6 Å². The summed E-state index contributed by atoms with van der Waals surface area (Å²) in [6.45, 7) is 6.05. The second-order valence-corrected chi connectivity index (χ2v) is 9.25. The molecule has 7 heteroatoms. The first kappa shape index (κ1) is 25.7. The van der Waals surface area contributed by atoms with E-state index < -0.39 is 12.1 Å². The number of carbonyl (C=O) groups is 3. The predicted octanol–water partition coefficient (Wildman–Crippen LogP) is 4.60. The minimum atomic E-state index is -0.699. The van der Waals surface area contributed by atoms with Crippen molar-refractivity contribution < 1.29 is 18.8 Å². The third kappa shape index (κ3) is 8.91. The third-order valence-corrected chi connectivity index (χ3v) is 5.96. The van der Waals surface area contributed by atoms with Gasteiger partial charge < -0.3 is 15.1 Å². The van der Waals surface area contributed by atoms with Crippen molar-refractivity contribution >= 4 is 29.4 Å². The van der Waals surface area contributed by atoms with Crippen molar-refractivity contribution in [3.8, 4) is 0 Å². The van der Waals surface area contributed by atoms with Crippen LogP contribution >= 0.6 is 11.8 Å². The molecule has 1 heterocycles. The molecule has 0 bridgehead atoms. The molecule has 32 heavy (non-hydrogen) atoms. The number of hydrogen-bond donors (Lipinski definition) is 2. The molecule has 0 aliphatic carbocycles. The summed E-state index contributed by atoms with van der Waals surface area (Å²) < 4.78 is 5.30. The van der Waals surface area contributed by atoms with Gasteiger partial charge in [-0.3, -0.25) is 14.4 Å². The average molecular weight is 459 g/mol. The minimum absolute atomic E-state index is 0.0129. The highest BCUT2D eigenvalue weighted by Gasteiger charge is 2.27. The molecular formula is C25H34N2O4S. The molecule has 2 amide bonds. The fraction of sp³-hybridized carbons (Fsp3) is 0.480. The highest BCUT2D eigenvalue weighted by Crippen LogP contribution is 2.15. The van der Waals surface area contributed by atoms with Crippen molar-refractivity contribution in [1.82, 2.24) is 10.6 Å². The zero-order valence-electron chi connectivity index (χ0n) is 19.1. The van der Waals surface area contributed by atoms with Crippen LogP contribution in [0.25, 0.3) is 0 Å². The van der Waals surface area contributed by atoms with Crippen molar-refractivity contribution in [3.05, 3.63) is 60.1 Å². The molecule has 1 aromatic heterocycles. The zero-order valence-corrected chi connectivity index (χ0v) is 20.0. The van der Waals surface area contributed by atoms with Gasteiger partial charge in [0.05, 0.1) is 23.8 Å². The van der Waals surface area contributed by atoms with E-state index in [1.54, 1.807) is 30.5 Å². The van der Waals surface area contributed by atoms with E-state index in [-0.39, 0.29) is 23.5 Å². The van der Waals surface area contributed by atoms with E-state index in [9.17, 15) is 14.4 Å². The first-order valence-corrected chi connectivity index (χ1v) is 12.3. The summed E-state index contributed by atoms with van der Waals surface area (Å²) in [6.07, 6.45) is 4.46. The Kier molecular flexibility index (Phi) is 11.1. The van der Waals surface area contributed by atoms with Crippen molar-refractivity contribution in [2.75, 3.05) is 5.75 Å². The number of Topliss-reactive ketones (excluding diaryl/α,β-unsaturated/α-hetero) is 1. The number of amides is 2. The van der Waals surface area contributed by atoms with Crippen LogP contribution in [-0.2, 0) is 15.3 Å². The molecule has 2 rings (SSSR count). The van der Waals surface area contributed by atoms with Crippen LogP contribution in [0, 0.1) is 5.92 Å². The number of benzene rings is 1. The standard InChI is InChI=1S/C25H34N2O4S/c1-4-5-13-21(23(28)17-32-16-20-12-9-14-31-20)26-25(30)22(15-18(2)3)27-24(29)19-10-7-6-8-11-19/h6-12,14,18,21-22H,4-5,13,15-17H2,1-3H3,(H,26,30)(H,27,29)/t21-,22-/m0/s1. The molecule has 2 atom stereocenters. The molecule has 0 saturated carbocycles. The highest BCUT2D eigenvalue weighted by atomic mass is 32.2. The van der Waals surface area contributed by atoms with Gasteiger partial charge in [0.2, 0.25) is 5.91 Å². The van der Waals surface area contributed by atoms with Gasteiger partial charge in [0.1, 0.15) is 11.8 Å². The highest BCUT2D eigenvalue weighted by molar-refractivity contribution is 7.99. The molecule has 0 unspecified atom stereocenters. The first-order chi connectivity index (χ1) is 15.4. The normalized spacial score (nSPS) is 12.9. The molecule has 6 nitrogen and oxygen atoms in total. The molecule has 0 spiro atoms. The second-order valence-electron chi connectivity index (χ2n) is 8.26. The number of carbonyl (C=O) groups excluding carboxylic acids is 3. The Morgan fingerprint density at radius 1 is 1.00 bits per heavy atom. The molecule has 1 aromatic carbocycles. The topological polar surface area (TPSA) is 88.4 Å². The van der Waals surface area contributed by atoms with Crippen LogP contribution in [0.3, 0.4) is 0 Å². The largest absolute Gasteiger partial charge is 0.468 e. The van der Waals surface area contributed by atoms with Gasteiger partial charge in [-0.2, -0.15) is 0 Å². The maximum Gasteiger partial charge on any atom is 0.251 e. The molecule has 2 aromatic rings. The van der Waals surface area contributed by atoms with E-state index in [2.05, 4.69) is 17.6 Å². The molecular weight excluding hydrogens is 424 g/mol. The van der Waals surface area contributed by atoms with Crippen LogP contribution < -0.4 is 10.6 Å². The molecule has 0 aliphatic rings. The van der Waals surface area contributed by atoms with Gasteiger partial charge in [0, 0.05) is 5.56 Å². The third-order valence-electron chi connectivity index (χ3n) is 4.99. The number of hydrogen-bond acceptors (Lipinski definition) is 5. The van der Waals surface area contributed by atoms with E-state index in [4.69, 9.17) is 4.42 Å². The smallest absolute Gasteiger partial charge is 0.251 e. The van der Waals surface area contributed by atoms with Crippen LogP contribution in [0.15, 0.2) is 53.1 Å². The average Bonchev–Trinajstić information content (AvgIpc) is 3.29. The Hall–Kier alpha value is -2.54. The second kappa shape index (κ2) is 13.8. The van der Waals surface area contributed by atoms with Crippen LogP contribution in [0.4, 0.5) is 0 Å². The van der Waals surface area contributed by atoms with Gasteiger partial charge in [-0.25, -0.2) is 0 Å². The summed E-state index contributed by atoms with van der Waals surface area (Å²) in [4.78, 5) is 38.5. The van der Waals surface area contributed by atoms with E-state index in [1.165, 1.54) is 11.8 Å². The summed E-state index contributed by atoms with van der Waals surface area (Å²) in [5.74, 6) is 1.30. The summed E-state index contributed by atoms with van der Waals surface area (Å²) in [6, 6.07) is 11.3. The number of furan rings is 1. The Labute approximate surface area is 194 Å². The Morgan fingerprint density at radius 2 is 1.75 bits per heavy atom. The number of nitrogens with one attached hydrogen (secondary N) is 2. The lowest BCUT2D eigenvalue weighted by atomic mass is 10.0. The fourth-order valence-electron chi connectivity index (χ4n) is 3.28. The predicted molar refractivity (Wildman–Crippen MR) is 128 cm³/mol.